The Morgan fingerprint density at radius 2 is 2.27 bits per heavy atom. The van der Waals surface area contributed by atoms with Gasteiger partial charge >= 0.3 is 0 Å². The Morgan fingerprint density at radius 3 is 2.64 bits per heavy atom. The zero-order valence-corrected chi connectivity index (χ0v) is 7.17. The molecule has 0 aromatic rings. The number of nitrogens with zero attached hydrogens (tertiary/aromatic N) is 1. The van der Waals surface area contributed by atoms with Gasteiger partial charge in [-0.1, -0.05) is 0 Å². The Labute approximate surface area is 67.3 Å². The maximum absolute atomic E-state index is 11.2. The first kappa shape index (κ1) is 8.53. The van der Waals surface area contributed by atoms with Crippen molar-refractivity contribution >= 4 is 5.91 Å². The molecule has 1 aliphatic rings. The lowest BCUT2D eigenvalue weighted by Crippen LogP contribution is -2.35. The summed E-state index contributed by atoms with van der Waals surface area (Å²) in [6.45, 7) is 4.31. The van der Waals surface area contributed by atoms with Crippen molar-refractivity contribution in [2.24, 2.45) is 5.92 Å². The third-order valence-corrected chi connectivity index (χ3v) is 2.07. The second-order valence-corrected chi connectivity index (χ2v) is 3.02. The smallest absolute Gasteiger partial charge is 0.222 e. The summed E-state index contributed by atoms with van der Waals surface area (Å²) in [5, 5.41) is 0. The molecule has 11 heavy (non-hydrogen) atoms. The van der Waals surface area contributed by atoms with Crippen LogP contribution in [-0.4, -0.2) is 37.6 Å². The number of amides is 1. The van der Waals surface area contributed by atoms with E-state index in [0.29, 0.717) is 12.3 Å². The van der Waals surface area contributed by atoms with Gasteiger partial charge in [0.1, 0.15) is 0 Å². The molecule has 0 saturated carbocycles. The van der Waals surface area contributed by atoms with E-state index in [9.17, 15) is 4.79 Å². The Kier molecular flexibility index (Phi) is 2.88. The standard InChI is InChI=1S/C8H15NO2/c1-3-9(2)8(10)4-7-5-11-6-7/h7H,3-6H2,1-2H3. The number of carbonyl (C=O) groups excluding carboxylic acids is 1. The summed E-state index contributed by atoms with van der Waals surface area (Å²) in [6.07, 6.45) is 0.657. The van der Waals surface area contributed by atoms with E-state index in [1.54, 1.807) is 4.90 Å². The molecule has 0 aromatic heterocycles. The maximum atomic E-state index is 11.2. The van der Waals surface area contributed by atoms with Crippen molar-refractivity contribution in [3.05, 3.63) is 0 Å². The average molecular weight is 157 g/mol. The Bertz CT molecular complexity index is 143. The molecule has 0 N–H and O–H groups in total. The molecule has 1 rings (SSSR count). The molecule has 0 bridgehead atoms. The van der Waals surface area contributed by atoms with Crippen LogP contribution in [0.4, 0.5) is 0 Å². The van der Waals surface area contributed by atoms with E-state index in [1.165, 1.54) is 0 Å². The SMILES string of the molecule is CCN(C)C(=O)CC1COC1. The molecule has 0 unspecified atom stereocenters. The van der Waals surface area contributed by atoms with E-state index in [1.807, 2.05) is 14.0 Å². The third kappa shape index (κ3) is 2.19. The summed E-state index contributed by atoms with van der Waals surface area (Å²) in [5.41, 5.74) is 0. The first-order chi connectivity index (χ1) is 5.24. The largest absolute Gasteiger partial charge is 0.381 e. The van der Waals surface area contributed by atoms with Gasteiger partial charge in [0.15, 0.2) is 0 Å². The molecule has 1 heterocycles. The fraction of sp³-hybridized carbons (Fsp3) is 0.875. The molecule has 1 aliphatic heterocycles. The van der Waals surface area contributed by atoms with Gasteiger partial charge in [0.2, 0.25) is 5.91 Å². The zero-order chi connectivity index (χ0) is 8.27. The van der Waals surface area contributed by atoms with E-state index in [-0.39, 0.29) is 5.91 Å². The van der Waals surface area contributed by atoms with Crippen molar-refractivity contribution in [2.45, 2.75) is 13.3 Å². The average Bonchev–Trinajstić information content (AvgIpc) is 1.94. The van der Waals surface area contributed by atoms with Gasteiger partial charge in [-0.2, -0.15) is 0 Å². The van der Waals surface area contributed by atoms with Crippen LogP contribution in [-0.2, 0) is 9.53 Å². The van der Waals surface area contributed by atoms with Crippen LogP contribution >= 0.6 is 0 Å². The van der Waals surface area contributed by atoms with E-state index in [2.05, 4.69) is 0 Å². The lowest BCUT2D eigenvalue weighted by atomic mass is 10.0. The highest BCUT2D eigenvalue weighted by molar-refractivity contribution is 5.76. The molecule has 1 saturated heterocycles. The van der Waals surface area contributed by atoms with E-state index < -0.39 is 0 Å². The van der Waals surface area contributed by atoms with Gasteiger partial charge in [0.05, 0.1) is 13.2 Å². The number of ether oxygens (including phenoxy) is 1. The summed E-state index contributed by atoms with van der Waals surface area (Å²) in [4.78, 5) is 13.0. The first-order valence-electron chi connectivity index (χ1n) is 4.05. The molecule has 1 fully saturated rings. The van der Waals surface area contributed by atoms with Gasteiger partial charge in [-0.05, 0) is 6.92 Å². The predicted octanol–water partition coefficient (Wildman–Crippen LogP) is 0.501. The van der Waals surface area contributed by atoms with Gasteiger partial charge in [0.25, 0.3) is 0 Å². The van der Waals surface area contributed by atoms with Crippen LogP contribution in [0.15, 0.2) is 0 Å². The highest BCUT2D eigenvalue weighted by Crippen LogP contribution is 2.14. The molecule has 0 atom stereocenters. The monoisotopic (exact) mass is 157 g/mol. The summed E-state index contributed by atoms with van der Waals surface area (Å²) in [6, 6.07) is 0. The molecule has 0 radical (unpaired) electrons. The molecule has 0 aliphatic carbocycles. The van der Waals surface area contributed by atoms with Crippen LogP contribution in [0.1, 0.15) is 13.3 Å². The lowest BCUT2D eigenvalue weighted by molar-refractivity contribution is -0.135. The van der Waals surface area contributed by atoms with Crippen molar-refractivity contribution in [1.29, 1.82) is 0 Å². The minimum atomic E-state index is 0.237. The lowest BCUT2D eigenvalue weighted by Gasteiger charge is -2.27. The molecule has 64 valence electrons. The molecule has 3 nitrogen and oxygen atoms in total. The van der Waals surface area contributed by atoms with Crippen LogP contribution in [0.3, 0.4) is 0 Å². The van der Waals surface area contributed by atoms with Crippen LogP contribution in [0.2, 0.25) is 0 Å². The minimum Gasteiger partial charge on any atom is -0.381 e. The van der Waals surface area contributed by atoms with Gasteiger partial charge in [-0.15, -0.1) is 0 Å². The van der Waals surface area contributed by atoms with Crippen LogP contribution in [0.5, 0.6) is 0 Å². The van der Waals surface area contributed by atoms with Crippen LogP contribution < -0.4 is 0 Å². The Balaban J connectivity index is 2.19. The summed E-state index contributed by atoms with van der Waals surface area (Å²) < 4.78 is 4.98. The van der Waals surface area contributed by atoms with Crippen molar-refractivity contribution in [3.63, 3.8) is 0 Å². The first-order valence-corrected chi connectivity index (χ1v) is 4.05. The summed E-state index contributed by atoms with van der Waals surface area (Å²) >= 11 is 0. The van der Waals surface area contributed by atoms with Gasteiger partial charge in [-0.3, -0.25) is 4.79 Å². The normalized spacial score (nSPS) is 17.6. The number of carbonyl (C=O) groups is 1. The number of rotatable bonds is 3. The molecule has 3 heteroatoms. The molecular formula is C8H15NO2. The van der Waals surface area contributed by atoms with Crippen molar-refractivity contribution in [2.75, 3.05) is 26.8 Å². The van der Waals surface area contributed by atoms with Crippen molar-refractivity contribution < 1.29 is 9.53 Å². The van der Waals surface area contributed by atoms with Gasteiger partial charge in [0, 0.05) is 25.9 Å². The fourth-order valence-electron chi connectivity index (χ4n) is 0.982. The van der Waals surface area contributed by atoms with Crippen molar-refractivity contribution in [3.8, 4) is 0 Å². The maximum Gasteiger partial charge on any atom is 0.222 e. The molecule has 0 aromatic carbocycles. The zero-order valence-electron chi connectivity index (χ0n) is 7.17. The Morgan fingerprint density at radius 1 is 1.64 bits per heavy atom. The minimum absolute atomic E-state index is 0.237. The third-order valence-electron chi connectivity index (χ3n) is 2.07. The molecular weight excluding hydrogens is 142 g/mol. The van der Waals surface area contributed by atoms with Crippen molar-refractivity contribution in [1.82, 2.24) is 4.90 Å². The second-order valence-electron chi connectivity index (χ2n) is 3.02. The fourth-order valence-corrected chi connectivity index (χ4v) is 0.982. The van der Waals surface area contributed by atoms with Gasteiger partial charge in [-0.25, -0.2) is 0 Å². The highest BCUT2D eigenvalue weighted by Gasteiger charge is 2.22. The summed E-state index contributed by atoms with van der Waals surface area (Å²) in [7, 11) is 1.84. The predicted molar refractivity (Wildman–Crippen MR) is 42.2 cm³/mol. The number of hydrogen-bond donors (Lipinski definition) is 0. The summed E-state index contributed by atoms with van der Waals surface area (Å²) in [5.74, 6) is 0.720. The quantitative estimate of drug-likeness (QED) is 0.597. The Hall–Kier alpha value is -0.570. The second kappa shape index (κ2) is 3.72. The van der Waals surface area contributed by atoms with Crippen LogP contribution in [0, 0.1) is 5.92 Å². The van der Waals surface area contributed by atoms with Gasteiger partial charge < -0.3 is 9.64 Å². The molecule has 0 spiro atoms. The van der Waals surface area contributed by atoms with Crippen LogP contribution in [0.25, 0.3) is 0 Å². The van der Waals surface area contributed by atoms with E-state index >= 15 is 0 Å². The topological polar surface area (TPSA) is 29.5 Å². The van der Waals surface area contributed by atoms with E-state index in [0.717, 1.165) is 19.8 Å². The highest BCUT2D eigenvalue weighted by atomic mass is 16.5. The molecule has 1 amide bonds. The van der Waals surface area contributed by atoms with E-state index in [4.69, 9.17) is 4.74 Å². The number of hydrogen-bond acceptors (Lipinski definition) is 2.